The van der Waals surface area contributed by atoms with Gasteiger partial charge in [0.1, 0.15) is 11.8 Å². The number of benzene rings is 1. The third-order valence-corrected chi connectivity index (χ3v) is 17.8. The first-order valence-corrected chi connectivity index (χ1v) is 19.9. The summed E-state index contributed by atoms with van der Waals surface area (Å²) in [4.78, 5) is 26.5. The maximum absolute atomic E-state index is 13.5. The molecule has 1 saturated heterocycles. The van der Waals surface area contributed by atoms with Gasteiger partial charge in [0, 0.05) is 6.42 Å². The zero-order valence-corrected chi connectivity index (χ0v) is 28.0. The highest BCUT2D eigenvalue weighted by Crippen LogP contribution is 2.47. The average Bonchev–Trinajstić information content (AvgIpc) is 3.44. The molecule has 0 radical (unpaired) electrons. The van der Waals surface area contributed by atoms with E-state index in [4.69, 9.17) is 24.1 Å². The molecule has 12 heteroatoms. The molecule has 0 spiro atoms. The van der Waals surface area contributed by atoms with Crippen molar-refractivity contribution in [2.75, 3.05) is 12.3 Å². The maximum atomic E-state index is 13.5. The number of carbonyl (C=O) groups excluding carboxylic acids is 1. The first-order valence-electron chi connectivity index (χ1n) is 14.1. The number of aromatic nitrogens is 4. The maximum Gasteiger partial charge on any atom is 0.340 e. The average molecular weight is 600 g/mol. The predicted octanol–water partition coefficient (Wildman–Crippen LogP) is 6.29. The Hall–Kier alpha value is -2.65. The molecular weight excluding hydrogens is 555 g/mol. The van der Waals surface area contributed by atoms with Crippen molar-refractivity contribution < 1.29 is 23.1 Å². The van der Waals surface area contributed by atoms with Crippen molar-refractivity contribution in [3.8, 4) is 0 Å². The van der Waals surface area contributed by atoms with E-state index in [0.717, 1.165) is 0 Å². The standard InChI is InChI=1S/C29H45N5O5Si2/c1-27(2,3)40(7,8)36-17-29(38-26(35)20-14-12-11-13-15-20)16-21(39-41(9,10)28(4,5)6)25(37-29)34-19-33-22-23(30)31-18-32-24(22)34/h11-15,18-19,21,25H,16-17H2,1-10H3,(H2,30,31,32)/t21-,25-,29-/m1/s1. The quantitative estimate of drug-likeness (QED) is 0.235. The highest BCUT2D eigenvalue weighted by Gasteiger charge is 2.55. The molecule has 2 aromatic heterocycles. The summed E-state index contributed by atoms with van der Waals surface area (Å²) in [5.74, 6) is -1.62. The monoisotopic (exact) mass is 599 g/mol. The third kappa shape index (κ3) is 6.41. The van der Waals surface area contributed by atoms with Gasteiger partial charge in [-0.25, -0.2) is 19.7 Å². The number of imidazole rings is 1. The van der Waals surface area contributed by atoms with Gasteiger partial charge in [-0.05, 0) is 48.4 Å². The van der Waals surface area contributed by atoms with E-state index in [2.05, 4.69) is 82.7 Å². The Labute approximate surface area is 245 Å². The fourth-order valence-electron chi connectivity index (χ4n) is 4.20. The minimum absolute atomic E-state index is 0.0539. The van der Waals surface area contributed by atoms with Crippen molar-refractivity contribution in [3.63, 3.8) is 0 Å². The second-order valence-corrected chi connectivity index (χ2v) is 23.5. The van der Waals surface area contributed by atoms with E-state index in [1.54, 1.807) is 35.2 Å². The van der Waals surface area contributed by atoms with Crippen LogP contribution in [0.5, 0.6) is 0 Å². The van der Waals surface area contributed by atoms with Gasteiger partial charge >= 0.3 is 5.97 Å². The van der Waals surface area contributed by atoms with E-state index in [0.29, 0.717) is 16.7 Å². The lowest BCUT2D eigenvalue weighted by Crippen LogP contribution is -2.48. The van der Waals surface area contributed by atoms with Gasteiger partial charge < -0.3 is 24.1 Å². The highest BCUT2D eigenvalue weighted by atomic mass is 28.4. The molecule has 0 bridgehead atoms. The number of nitrogens with two attached hydrogens (primary N) is 1. The SMILES string of the molecule is CC(C)(C)[Si](C)(C)OC[C@]1(OC(=O)c2ccccc2)C[C@@H](O[Si](C)(C)C(C)(C)C)[C@H](n2cnc3c(N)ncnc32)O1. The molecule has 0 amide bonds. The molecule has 3 heterocycles. The number of hydrogen-bond acceptors (Lipinski definition) is 9. The van der Waals surface area contributed by atoms with Gasteiger partial charge in [-0.2, -0.15) is 0 Å². The molecule has 0 saturated carbocycles. The summed E-state index contributed by atoms with van der Waals surface area (Å²) < 4.78 is 28.5. The van der Waals surface area contributed by atoms with Crippen LogP contribution in [0.2, 0.25) is 36.3 Å². The van der Waals surface area contributed by atoms with E-state index >= 15 is 0 Å². The number of esters is 1. The van der Waals surface area contributed by atoms with E-state index < -0.39 is 40.7 Å². The van der Waals surface area contributed by atoms with Crippen LogP contribution in [0.15, 0.2) is 43.0 Å². The first kappa shape index (κ1) is 31.3. The van der Waals surface area contributed by atoms with E-state index in [1.807, 2.05) is 6.07 Å². The fraction of sp³-hybridized carbons (Fsp3) is 0.586. The van der Waals surface area contributed by atoms with E-state index in [9.17, 15) is 4.79 Å². The summed E-state index contributed by atoms with van der Waals surface area (Å²) in [6, 6.07) is 8.92. The molecule has 41 heavy (non-hydrogen) atoms. The Morgan fingerprint density at radius 2 is 1.66 bits per heavy atom. The van der Waals surface area contributed by atoms with Gasteiger partial charge in [-0.3, -0.25) is 4.57 Å². The Morgan fingerprint density at radius 3 is 2.27 bits per heavy atom. The number of nitrogens with zero attached hydrogens (tertiary/aromatic N) is 4. The normalized spacial score (nSPS) is 22.3. The number of hydrogen-bond donors (Lipinski definition) is 1. The van der Waals surface area contributed by atoms with Gasteiger partial charge in [0.05, 0.1) is 24.6 Å². The van der Waals surface area contributed by atoms with Gasteiger partial charge in [0.25, 0.3) is 0 Å². The highest BCUT2D eigenvalue weighted by molar-refractivity contribution is 6.74. The number of anilines is 1. The molecule has 1 aliphatic heterocycles. The molecule has 0 unspecified atom stereocenters. The van der Waals surface area contributed by atoms with E-state index in [-0.39, 0.29) is 28.9 Å². The molecule has 2 N–H and O–H groups in total. The van der Waals surface area contributed by atoms with E-state index in [1.165, 1.54) is 6.33 Å². The topological polar surface area (TPSA) is 124 Å². The van der Waals surface area contributed by atoms with Gasteiger partial charge in [-0.1, -0.05) is 59.7 Å². The number of nitrogen functional groups attached to an aromatic ring is 1. The molecule has 0 aliphatic carbocycles. The Bertz CT molecular complexity index is 1380. The molecule has 3 atom stereocenters. The molecule has 1 aromatic carbocycles. The van der Waals surface area contributed by atoms with Crippen LogP contribution in [0.25, 0.3) is 11.2 Å². The second kappa shape index (κ2) is 10.9. The Balaban J connectivity index is 1.79. The smallest absolute Gasteiger partial charge is 0.340 e. The van der Waals surface area contributed by atoms with Crippen LogP contribution in [0.1, 0.15) is 64.5 Å². The zero-order valence-electron chi connectivity index (χ0n) is 26.0. The van der Waals surface area contributed by atoms with Crippen LogP contribution in [0.3, 0.4) is 0 Å². The molecule has 3 aromatic rings. The van der Waals surface area contributed by atoms with Crippen LogP contribution in [-0.2, 0) is 18.3 Å². The number of fused-ring (bicyclic) bond motifs is 1. The molecule has 10 nitrogen and oxygen atoms in total. The van der Waals surface area contributed by atoms with Crippen LogP contribution < -0.4 is 5.73 Å². The summed E-state index contributed by atoms with van der Waals surface area (Å²) in [5, 5.41) is -0.119. The van der Waals surface area contributed by atoms with Crippen molar-refractivity contribution in [2.45, 2.75) is 102 Å². The summed E-state index contributed by atoms with van der Waals surface area (Å²) in [5.41, 5.74) is 7.52. The van der Waals surface area contributed by atoms with Gasteiger partial charge in [-0.15, -0.1) is 0 Å². The number of rotatable bonds is 8. The molecule has 4 rings (SSSR count). The second-order valence-electron chi connectivity index (χ2n) is 13.9. The minimum atomic E-state index is -2.30. The first-order chi connectivity index (χ1) is 18.9. The lowest BCUT2D eigenvalue weighted by Gasteiger charge is -2.39. The lowest BCUT2D eigenvalue weighted by atomic mass is 10.1. The minimum Gasteiger partial charge on any atom is -0.427 e. The van der Waals surface area contributed by atoms with Crippen LogP contribution in [0.4, 0.5) is 5.82 Å². The van der Waals surface area contributed by atoms with Crippen LogP contribution in [-0.4, -0.2) is 60.6 Å². The lowest BCUT2D eigenvalue weighted by molar-refractivity contribution is -0.224. The number of carbonyl (C=O) groups is 1. The van der Waals surface area contributed by atoms with Crippen molar-refractivity contribution in [1.29, 1.82) is 0 Å². The Morgan fingerprint density at radius 1 is 1.02 bits per heavy atom. The summed E-state index contributed by atoms with van der Waals surface area (Å²) in [7, 11) is -4.55. The summed E-state index contributed by atoms with van der Waals surface area (Å²) >= 11 is 0. The van der Waals surface area contributed by atoms with Crippen molar-refractivity contribution in [3.05, 3.63) is 48.5 Å². The predicted molar refractivity (Wildman–Crippen MR) is 164 cm³/mol. The van der Waals surface area contributed by atoms with Gasteiger partial charge in [0.15, 0.2) is 34.3 Å². The third-order valence-electron chi connectivity index (χ3n) is 8.83. The molecule has 1 fully saturated rings. The zero-order chi connectivity index (χ0) is 30.4. The van der Waals surface area contributed by atoms with Crippen LogP contribution >= 0.6 is 0 Å². The molecular formula is C29H45N5O5Si2. The number of ether oxygens (including phenoxy) is 2. The van der Waals surface area contributed by atoms with Crippen molar-refractivity contribution in [1.82, 2.24) is 19.5 Å². The fourth-order valence-corrected chi connectivity index (χ4v) is 6.52. The van der Waals surface area contributed by atoms with Crippen molar-refractivity contribution >= 4 is 39.6 Å². The summed E-state index contributed by atoms with van der Waals surface area (Å²) in [6.45, 7) is 21.9. The molecule has 224 valence electrons. The largest absolute Gasteiger partial charge is 0.427 e. The van der Waals surface area contributed by atoms with Crippen LogP contribution in [0, 0.1) is 0 Å². The van der Waals surface area contributed by atoms with Crippen molar-refractivity contribution in [2.24, 2.45) is 0 Å². The van der Waals surface area contributed by atoms with Gasteiger partial charge in [0.2, 0.25) is 5.79 Å². The summed E-state index contributed by atoms with van der Waals surface area (Å²) in [6.07, 6.45) is 2.13. The Kier molecular flexibility index (Phi) is 8.31. The molecule has 1 aliphatic rings.